The smallest absolute Gasteiger partial charge is 0.546 e. The number of benzene rings is 1. The SMILES string of the molecule is [C-]#[N+]c1c(Br)cccc1O[B]O. The van der Waals surface area contributed by atoms with Gasteiger partial charge in [0.1, 0.15) is 5.75 Å². The summed E-state index contributed by atoms with van der Waals surface area (Å²) in [6.45, 7) is 6.82. The molecule has 3 nitrogen and oxygen atoms in total. The fourth-order valence-electron chi connectivity index (χ4n) is 0.756. The van der Waals surface area contributed by atoms with Crippen molar-refractivity contribution in [2.45, 2.75) is 0 Å². The van der Waals surface area contributed by atoms with Gasteiger partial charge in [-0.05, 0) is 6.07 Å². The second-order valence-electron chi connectivity index (χ2n) is 1.92. The summed E-state index contributed by atoms with van der Waals surface area (Å²) in [7, 11) is 0.552. The third-order valence-electron chi connectivity index (χ3n) is 1.24. The molecule has 0 saturated carbocycles. The van der Waals surface area contributed by atoms with Gasteiger partial charge in [0.15, 0.2) is 0 Å². The molecule has 0 heterocycles. The zero-order valence-corrected chi connectivity index (χ0v) is 7.58. The first-order valence-corrected chi connectivity index (χ1v) is 3.87. The van der Waals surface area contributed by atoms with E-state index >= 15 is 0 Å². The molecule has 0 unspecified atom stereocenters. The van der Waals surface area contributed by atoms with E-state index in [-0.39, 0.29) is 0 Å². The minimum Gasteiger partial charge on any atom is -0.546 e. The van der Waals surface area contributed by atoms with E-state index in [1.807, 2.05) is 0 Å². The monoisotopic (exact) mass is 224 g/mol. The first-order valence-electron chi connectivity index (χ1n) is 3.08. The van der Waals surface area contributed by atoms with Gasteiger partial charge in [0, 0.05) is 4.47 Å². The maximum atomic E-state index is 8.37. The summed E-state index contributed by atoms with van der Waals surface area (Å²) in [5, 5.41) is 8.37. The lowest BCUT2D eigenvalue weighted by Crippen LogP contribution is -1.99. The van der Waals surface area contributed by atoms with Gasteiger partial charge in [-0.25, -0.2) is 4.85 Å². The minimum absolute atomic E-state index is 0.335. The lowest BCUT2D eigenvalue weighted by atomic mass is 10.3. The highest BCUT2D eigenvalue weighted by molar-refractivity contribution is 9.10. The van der Waals surface area contributed by atoms with Crippen LogP contribution in [0.4, 0.5) is 5.69 Å². The molecule has 1 aromatic rings. The Hall–Kier alpha value is -0.985. The summed E-state index contributed by atoms with van der Waals surface area (Å²) in [6, 6.07) is 5.06. The summed E-state index contributed by atoms with van der Waals surface area (Å²) >= 11 is 3.19. The molecule has 0 aliphatic rings. The first-order chi connectivity index (χ1) is 5.79. The summed E-state index contributed by atoms with van der Waals surface area (Å²) in [4.78, 5) is 3.24. The summed E-state index contributed by atoms with van der Waals surface area (Å²) in [5.74, 6) is 0.335. The predicted molar refractivity (Wildman–Crippen MR) is 49.0 cm³/mol. The van der Waals surface area contributed by atoms with Gasteiger partial charge in [0.2, 0.25) is 5.69 Å². The number of nitrogens with zero attached hydrogens (tertiary/aromatic N) is 1. The molecule has 0 amide bonds. The van der Waals surface area contributed by atoms with Crippen LogP contribution in [0.1, 0.15) is 0 Å². The van der Waals surface area contributed by atoms with Gasteiger partial charge in [-0.15, -0.1) is 0 Å². The zero-order chi connectivity index (χ0) is 8.97. The van der Waals surface area contributed by atoms with E-state index in [0.717, 1.165) is 0 Å². The number of hydrogen-bond donors (Lipinski definition) is 1. The van der Waals surface area contributed by atoms with Crippen LogP contribution in [0.25, 0.3) is 4.85 Å². The van der Waals surface area contributed by atoms with Gasteiger partial charge in [0.25, 0.3) is 0 Å². The maximum absolute atomic E-state index is 8.37. The molecule has 1 aromatic carbocycles. The van der Waals surface area contributed by atoms with Gasteiger partial charge < -0.3 is 9.68 Å². The largest absolute Gasteiger partial charge is 0.568 e. The van der Waals surface area contributed by atoms with Crippen molar-refractivity contribution in [3.8, 4) is 5.75 Å². The Balaban J connectivity index is 3.11. The highest BCUT2D eigenvalue weighted by Crippen LogP contribution is 2.34. The van der Waals surface area contributed by atoms with E-state index in [4.69, 9.17) is 16.3 Å². The van der Waals surface area contributed by atoms with Crippen molar-refractivity contribution in [3.05, 3.63) is 34.1 Å². The molecule has 1 N–H and O–H groups in total. The van der Waals surface area contributed by atoms with E-state index in [2.05, 4.69) is 20.8 Å². The van der Waals surface area contributed by atoms with Crippen molar-refractivity contribution in [3.63, 3.8) is 0 Å². The Labute approximate surface area is 79.2 Å². The van der Waals surface area contributed by atoms with Crippen LogP contribution < -0.4 is 4.65 Å². The van der Waals surface area contributed by atoms with Gasteiger partial charge in [-0.1, -0.05) is 28.1 Å². The molecule has 0 saturated heterocycles. The van der Waals surface area contributed by atoms with Gasteiger partial charge in [-0.2, -0.15) is 0 Å². The molecule has 1 rings (SSSR count). The molecule has 0 aliphatic carbocycles. The molecular formula is C7H4BBrNO2. The Morgan fingerprint density at radius 3 is 2.92 bits per heavy atom. The van der Waals surface area contributed by atoms with Crippen LogP contribution in [0, 0.1) is 6.57 Å². The summed E-state index contributed by atoms with van der Waals surface area (Å²) < 4.78 is 5.35. The molecule has 1 radical (unpaired) electrons. The Bertz CT molecular complexity index is 324. The van der Waals surface area contributed by atoms with E-state index in [9.17, 15) is 0 Å². The normalized spacial score (nSPS) is 8.75. The fraction of sp³-hybridized carbons (Fsp3) is 0. The molecule has 0 bridgehead atoms. The van der Waals surface area contributed by atoms with Crippen LogP contribution in [0.5, 0.6) is 5.75 Å². The molecule has 0 aliphatic heterocycles. The third-order valence-corrected chi connectivity index (χ3v) is 1.88. The standard InChI is InChI=1S/C7H4BBrNO2/c1-10-7-5(9)3-2-4-6(7)12-8-11/h2-4,11H. The molecule has 0 spiro atoms. The van der Waals surface area contributed by atoms with E-state index in [0.29, 0.717) is 23.6 Å². The van der Waals surface area contributed by atoms with Crippen LogP contribution in [-0.2, 0) is 0 Å². The van der Waals surface area contributed by atoms with Crippen molar-refractivity contribution >= 4 is 29.3 Å². The lowest BCUT2D eigenvalue weighted by molar-refractivity contribution is 0.455. The lowest BCUT2D eigenvalue weighted by Gasteiger charge is -2.04. The first kappa shape index (κ1) is 9.11. The molecule has 0 fully saturated rings. The van der Waals surface area contributed by atoms with Crippen molar-refractivity contribution in [1.82, 2.24) is 0 Å². The molecule has 5 heteroatoms. The van der Waals surface area contributed by atoms with Crippen LogP contribution in [0.15, 0.2) is 22.7 Å². The van der Waals surface area contributed by atoms with Crippen molar-refractivity contribution in [2.24, 2.45) is 0 Å². The second-order valence-corrected chi connectivity index (χ2v) is 2.78. The van der Waals surface area contributed by atoms with Crippen molar-refractivity contribution in [2.75, 3.05) is 0 Å². The molecule has 0 aromatic heterocycles. The highest BCUT2D eigenvalue weighted by Gasteiger charge is 2.06. The summed E-state index contributed by atoms with van der Waals surface area (Å²) in [6.07, 6.45) is 0. The van der Waals surface area contributed by atoms with Gasteiger partial charge >= 0.3 is 7.69 Å². The third kappa shape index (κ3) is 1.78. The molecule has 12 heavy (non-hydrogen) atoms. The Morgan fingerprint density at radius 1 is 1.58 bits per heavy atom. The Kier molecular flexibility index (Phi) is 3.14. The molecular weight excluding hydrogens is 221 g/mol. The number of hydrogen-bond acceptors (Lipinski definition) is 2. The zero-order valence-electron chi connectivity index (χ0n) is 5.99. The topological polar surface area (TPSA) is 33.8 Å². The predicted octanol–water partition coefficient (Wildman–Crippen LogP) is 1.91. The van der Waals surface area contributed by atoms with Crippen LogP contribution in [-0.4, -0.2) is 12.7 Å². The fourth-order valence-corrected chi connectivity index (χ4v) is 1.19. The van der Waals surface area contributed by atoms with Crippen LogP contribution in [0.3, 0.4) is 0 Å². The van der Waals surface area contributed by atoms with E-state index in [1.54, 1.807) is 18.2 Å². The second kappa shape index (κ2) is 4.14. The minimum atomic E-state index is 0.335. The van der Waals surface area contributed by atoms with Gasteiger partial charge in [-0.3, -0.25) is 0 Å². The number of rotatable bonds is 2. The van der Waals surface area contributed by atoms with Gasteiger partial charge in [0.05, 0.1) is 6.57 Å². The van der Waals surface area contributed by atoms with Crippen molar-refractivity contribution < 1.29 is 9.68 Å². The van der Waals surface area contributed by atoms with E-state index in [1.165, 1.54) is 0 Å². The number of para-hydroxylation sites is 1. The van der Waals surface area contributed by atoms with Crippen LogP contribution >= 0.6 is 15.9 Å². The van der Waals surface area contributed by atoms with E-state index < -0.39 is 0 Å². The average Bonchev–Trinajstić information content (AvgIpc) is 2.05. The van der Waals surface area contributed by atoms with Crippen molar-refractivity contribution in [1.29, 1.82) is 0 Å². The average molecular weight is 225 g/mol. The summed E-state index contributed by atoms with van der Waals surface area (Å²) in [5.41, 5.74) is 0.350. The van der Waals surface area contributed by atoms with Crippen LogP contribution in [0.2, 0.25) is 0 Å². The quantitative estimate of drug-likeness (QED) is 0.615. The molecule has 0 atom stereocenters. The number of halogens is 1. The highest BCUT2D eigenvalue weighted by atomic mass is 79.9. The Morgan fingerprint density at radius 2 is 2.33 bits per heavy atom. The maximum Gasteiger partial charge on any atom is 0.568 e. The molecule has 59 valence electrons.